The van der Waals surface area contributed by atoms with Crippen LogP contribution in [-0.4, -0.2) is 52.5 Å². The fourth-order valence-corrected chi connectivity index (χ4v) is 2.59. The van der Waals surface area contributed by atoms with Crippen LogP contribution in [0.2, 0.25) is 0 Å². The molecule has 2 N–H and O–H groups in total. The maximum absolute atomic E-state index is 12.2. The fraction of sp³-hybridized carbons (Fsp3) is 0.500. The van der Waals surface area contributed by atoms with Crippen LogP contribution in [0.5, 0.6) is 0 Å². The van der Waals surface area contributed by atoms with Crippen LogP contribution in [0.1, 0.15) is 23.3 Å². The summed E-state index contributed by atoms with van der Waals surface area (Å²) in [5.74, 6) is -1.20. The fourth-order valence-electron chi connectivity index (χ4n) is 2.59. The number of amides is 2. The van der Waals surface area contributed by atoms with Crippen molar-refractivity contribution in [3.8, 4) is 0 Å². The molecule has 1 aromatic heterocycles. The quantitative estimate of drug-likeness (QED) is 0.828. The minimum Gasteiger partial charge on any atom is -0.477 e. The zero-order chi connectivity index (χ0) is 15.4. The highest BCUT2D eigenvalue weighted by Gasteiger charge is 2.27. The van der Waals surface area contributed by atoms with E-state index < -0.39 is 5.97 Å². The number of nitrogens with zero attached hydrogens (tertiary/aromatic N) is 2. The Bertz CT molecular complexity index is 544. The maximum Gasteiger partial charge on any atom is 0.352 e. The van der Waals surface area contributed by atoms with Crippen molar-refractivity contribution < 1.29 is 19.5 Å². The molecule has 2 heterocycles. The lowest BCUT2D eigenvalue weighted by Crippen LogP contribution is -2.43. The third-order valence-electron chi connectivity index (χ3n) is 3.82. The number of nitrogens with one attached hydrogen (secondary N) is 1. The molecule has 0 spiro atoms. The maximum atomic E-state index is 12.2. The van der Waals surface area contributed by atoms with Crippen LogP contribution in [-0.2, 0) is 16.1 Å². The lowest BCUT2D eigenvalue weighted by atomic mass is 9.96. The number of carbonyl (C=O) groups is 3. The van der Waals surface area contributed by atoms with Gasteiger partial charge in [-0.1, -0.05) is 0 Å². The number of hydrogen-bond acceptors (Lipinski definition) is 3. The molecule has 1 aromatic rings. The smallest absolute Gasteiger partial charge is 0.352 e. The van der Waals surface area contributed by atoms with Gasteiger partial charge in [-0.25, -0.2) is 4.79 Å². The van der Waals surface area contributed by atoms with Gasteiger partial charge in [0.15, 0.2) is 0 Å². The number of hydrogen-bond donors (Lipinski definition) is 2. The third kappa shape index (κ3) is 3.42. The average molecular weight is 293 g/mol. The largest absolute Gasteiger partial charge is 0.477 e. The van der Waals surface area contributed by atoms with Gasteiger partial charge in [0.05, 0.1) is 0 Å². The summed E-state index contributed by atoms with van der Waals surface area (Å²) in [7, 11) is 1.61. The first-order chi connectivity index (χ1) is 10.0. The molecule has 0 unspecified atom stereocenters. The Morgan fingerprint density at radius 2 is 2.00 bits per heavy atom. The first-order valence-electron chi connectivity index (χ1n) is 6.90. The molecule has 0 radical (unpaired) electrons. The van der Waals surface area contributed by atoms with Gasteiger partial charge in [-0.05, 0) is 25.0 Å². The van der Waals surface area contributed by atoms with E-state index in [0.717, 1.165) is 0 Å². The van der Waals surface area contributed by atoms with Crippen molar-refractivity contribution in [2.24, 2.45) is 5.92 Å². The lowest BCUT2D eigenvalue weighted by Gasteiger charge is -2.31. The van der Waals surface area contributed by atoms with E-state index in [2.05, 4.69) is 5.32 Å². The normalized spacial score (nSPS) is 15.8. The van der Waals surface area contributed by atoms with Crippen molar-refractivity contribution in [3.63, 3.8) is 0 Å². The molecule has 7 heteroatoms. The topological polar surface area (TPSA) is 91.6 Å². The Labute approximate surface area is 122 Å². The summed E-state index contributed by atoms with van der Waals surface area (Å²) in [5, 5.41) is 11.6. The molecule has 0 saturated carbocycles. The standard InChI is InChI=1S/C14H19N3O4/c1-15-13(19)10-4-7-16(8-5-10)12(18)9-17-6-2-3-11(17)14(20)21/h2-3,6,10H,4-5,7-9H2,1H3,(H,15,19)(H,20,21). The molecule has 1 fully saturated rings. The van der Waals surface area contributed by atoms with Crippen molar-refractivity contribution in [2.45, 2.75) is 19.4 Å². The number of aromatic carboxylic acids is 1. The van der Waals surface area contributed by atoms with E-state index in [1.54, 1.807) is 24.2 Å². The lowest BCUT2D eigenvalue weighted by molar-refractivity contribution is -0.136. The van der Waals surface area contributed by atoms with Gasteiger partial charge in [-0.15, -0.1) is 0 Å². The van der Waals surface area contributed by atoms with E-state index in [-0.39, 0.29) is 30.0 Å². The summed E-state index contributed by atoms with van der Waals surface area (Å²) in [6, 6.07) is 3.07. The van der Waals surface area contributed by atoms with Gasteiger partial charge < -0.3 is 19.9 Å². The highest BCUT2D eigenvalue weighted by atomic mass is 16.4. The summed E-state index contributed by atoms with van der Waals surface area (Å²) in [5.41, 5.74) is 0.101. The molecule has 1 aliphatic rings. The Kier molecular flexibility index (Phi) is 4.62. The molecule has 0 bridgehead atoms. The van der Waals surface area contributed by atoms with Crippen molar-refractivity contribution in [2.75, 3.05) is 20.1 Å². The summed E-state index contributed by atoms with van der Waals surface area (Å²) in [4.78, 5) is 36.4. The van der Waals surface area contributed by atoms with Crippen LogP contribution in [0.3, 0.4) is 0 Å². The molecule has 7 nitrogen and oxygen atoms in total. The number of rotatable bonds is 4. The van der Waals surface area contributed by atoms with Crippen molar-refractivity contribution in [1.29, 1.82) is 0 Å². The molecule has 2 rings (SSSR count). The van der Waals surface area contributed by atoms with Crippen molar-refractivity contribution >= 4 is 17.8 Å². The van der Waals surface area contributed by atoms with E-state index in [9.17, 15) is 14.4 Å². The van der Waals surface area contributed by atoms with Gasteiger partial charge in [0, 0.05) is 32.3 Å². The predicted molar refractivity (Wildman–Crippen MR) is 74.8 cm³/mol. The van der Waals surface area contributed by atoms with E-state index in [1.807, 2.05) is 0 Å². The Morgan fingerprint density at radius 3 is 2.57 bits per heavy atom. The van der Waals surface area contributed by atoms with Gasteiger partial charge in [0.2, 0.25) is 11.8 Å². The van der Waals surface area contributed by atoms with Gasteiger partial charge >= 0.3 is 5.97 Å². The molecule has 2 amide bonds. The third-order valence-corrected chi connectivity index (χ3v) is 3.82. The SMILES string of the molecule is CNC(=O)C1CCN(C(=O)Cn2cccc2C(=O)O)CC1. The van der Waals surface area contributed by atoms with Crippen molar-refractivity contribution in [1.82, 2.24) is 14.8 Å². The van der Waals surface area contributed by atoms with Crippen LogP contribution < -0.4 is 5.32 Å². The molecule has 114 valence electrons. The molecule has 0 atom stereocenters. The van der Waals surface area contributed by atoms with Gasteiger partial charge in [-0.2, -0.15) is 0 Å². The summed E-state index contributed by atoms with van der Waals surface area (Å²) >= 11 is 0. The molecule has 21 heavy (non-hydrogen) atoms. The van der Waals surface area contributed by atoms with Crippen LogP contribution in [0, 0.1) is 5.92 Å². The Hall–Kier alpha value is -2.31. The monoisotopic (exact) mass is 293 g/mol. The summed E-state index contributed by atoms with van der Waals surface area (Å²) in [6.07, 6.45) is 2.87. The van der Waals surface area contributed by atoms with Crippen LogP contribution in [0.4, 0.5) is 0 Å². The van der Waals surface area contributed by atoms with Crippen LogP contribution in [0.15, 0.2) is 18.3 Å². The van der Waals surface area contributed by atoms with Gasteiger partial charge in [0.25, 0.3) is 0 Å². The second-order valence-electron chi connectivity index (χ2n) is 5.10. The number of carboxylic acids is 1. The van der Waals surface area contributed by atoms with E-state index in [1.165, 1.54) is 10.6 Å². The van der Waals surface area contributed by atoms with Crippen LogP contribution in [0.25, 0.3) is 0 Å². The Morgan fingerprint density at radius 1 is 1.33 bits per heavy atom. The number of aromatic nitrogens is 1. The van der Waals surface area contributed by atoms with E-state index in [0.29, 0.717) is 25.9 Å². The van der Waals surface area contributed by atoms with Crippen LogP contribution >= 0.6 is 0 Å². The highest BCUT2D eigenvalue weighted by Crippen LogP contribution is 2.17. The Balaban J connectivity index is 1.92. The summed E-state index contributed by atoms with van der Waals surface area (Å²) in [6.45, 7) is 1.07. The molecular formula is C14H19N3O4. The molecule has 0 aromatic carbocycles. The predicted octanol–water partition coefficient (Wildman–Crippen LogP) is 0.171. The van der Waals surface area contributed by atoms with Gasteiger partial charge in [0.1, 0.15) is 12.2 Å². The average Bonchev–Trinajstić information content (AvgIpc) is 2.95. The first-order valence-corrected chi connectivity index (χ1v) is 6.90. The number of likely N-dealkylation sites (tertiary alicyclic amines) is 1. The molecule has 1 saturated heterocycles. The number of piperidine rings is 1. The molecule has 1 aliphatic heterocycles. The molecule has 0 aliphatic carbocycles. The first kappa shape index (κ1) is 15.1. The van der Waals surface area contributed by atoms with E-state index >= 15 is 0 Å². The zero-order valence-electron chi connectivity index (χ0n) is 11.9. The second kappa shape index (κ2) is 6.43. The highest BCUT2D eigenvalue weighted by molar-refractivity contribution is 5.87. The summed E-state index contributed by atoms with van der Waals surface area (Å²) < 4.78 is 1.43. The second-order valence-corrected chi connectivity index (χ2v) is 5.10. The minimum atomic E-state index is -1.05. The minimum absolute atomic E-state index is 0.0132. The van der Waals surface area contributed by atoms with Crippen molar-refractivity contribution in [3.05, 3.63) is 24.0 Å². The number of carbonyl (C=O) groups excluding carboxylic acids is 2. The number of carboxylic acid groups (broad SMARTS) is 1. The van der Waals surface area contributed by atoms with Gasteiger partial charge in [-0.3, -0.25) is 9.59 Å². The zero-order valence-corrected chi connectivity index (χ0v) is 11.9. The molecular weight excluding hydrogens is 274 g/mol. The van der Waals surface area contributed by atoms with E-state index in [4.69, 9.17) is 5.11 Å².